The van der Waals surface area contributed by atoms with E-state index in [-0.39, 0.29) is 5.91 Å². The predicted molar refractivity (Wildman–Crippen MR) is 77.1 cm³/mol. The van der Waals surface area contributed by atoms with E-state index >= 15 is 0 Å². The second-order valence-corrected chi connectivity index (χ2v) is 6.91. The van der Waals surface area contributed by atoms with Gasteiger partial charge in [-0.15, -0.1) is 0 Å². The van der Waals surface area contributed by atoms with Gasteiger partial charge in [-0.1, -0.05) is 13.8 Å². The van der Waals surface area contributed by atoms with E-state index in [1.54, 1.807) is 11.8 Å². The van der Waals surface area contributed by atoms with Gasteiger partial charge in [0.15, 0.2) is 0 Å². The lowest BCUT2D eigenvalue weighted by Crippen LogP contribution is -2.49. The molecular formula is C13H24N2O3S. The van der Waals surface area contributed by atoms with Gasteiger partial charge in [0, 0.05) is 5.25 Å². The summed E-state index contributed by atoms with van der Waals surface area (Å²) in [6.07, 6.45) is 3.21. The van der Waals surface area contributed by atoms with Crippen molar-refractivity contribution in [2.75, 3.05) is 5.75 Å². The van der Waals surface area contributed by atoms with Crippen LogP contribution in [0.25, 0.3) is 0 Å². The zero-order valence-corrected chi connectivity index (χ0v) is 12.4. The van der Waals surface area contributed by atoms with Crippen LogP contribution < -0.4 is 11.1 Å². The average Bonchev–Trinajstić information content (AvgIpc) is 2.79. The first-order valence-corrected chi connectivity index (χ1v) is 7.85. The number of carboxylic acids is 1. The quantitative estimate of drug-likeness (QED) is 0.655. The van der Waals surface area contributed by atoms with Crippen molar-refractivity contribution in [1.29, 1.82) is 0 Å². The highest BCUT2D eigenvalue weighted by molar-refractivity contribution is 8.00. The van der Waals surface area contributed by atoms with Crippen LogP contribution >= 0.6 is 11.8 Å². The van der Waals surface area contributed by atoms with E-state index in [4.69, 9.17) is 5.73 Å². The third kappa shape index (κ3) is 5.82. The van der Waals surface area contributed by atoms with E-state index in [1.165, 1.54) is 0 Å². The average molecular weight is 288 g/mol. The molecule has 1 aliphatic rings. The van der Waals surface area contributed by atoms with E-state index in [1.807, 2.05) is 13.8 Å². The number of nitrogens with two attached hydrogens (primary N) is 1. The number of hydrogen-bond donors (Lipinski definition) is 3. The lowest BCUT2D eigenvalue weighted by atomic mass is 10.0. The van der Waals surface area contributed by atoms with Crippen LogP contribution in [0, 0.1) is 5.92 Å². The molecule has 110 valence electrons. The Labute approximate surface area is 118 Å². The summed E-state index contributed by atoms with van der Waals surface area (Å²) < 4.78 is 0. The number of rotatable bonds is 7. The van der Waals surface area contributed by atoms with Gasteiger partial charge >= 0.3 is 5.97 Å². The van der Waals surface area contributed by atoms with Gasteiger partial charge in [-0.25, -0.2) is 4.79 Å². The first kappa shape index (κ1) is 16.3. The second kappa shape index (κ2) is 7.75. The molecule has 1 amide bonds. The molecule has 3 atom stereocenters. The van der Waals surface area contributed by atoms with Crippen LogP contribution in [-0.2, 0) is 9.59 Å². The monoisotopic (exact) mass is 288 g/mol. The molecule has 5 nitrogen and oxygen atoms in total. The van der Waals surface area contributed by atoms with Crippen LogP contribution in [0.5, 0.6) is 0 Å². The van der Waals surface area contributed by atoms with Crippen LogP contribution in [0.3, 0.4) is 0 Å². The fraction of sp³-hybridized carbons (Fsp3) is 0.846. The van der Waals surface area contributed by atoms with Crippen molar-refractivity contribution in [2.45, 2.75) is 56.9 Å². The standard InChI is InChI=1S/C13H24N2O3S/c1-8(2)6-10(14)12(16)15-11(13(17)18)7-9-4-3-5-19-9/h8-11H,3-7,14H2,1-2H3,(H,15,16)(H,17,18)/t9-,10-,11?/m0/s1. The maximum Gasteiger partial charge on any atom is 0.326 e. The Morgan fingerprint density at radius 2 is 2.16 bits per heavy atom. The number of hydrogen-bond acceptors (Lipinski definition) is 4. The third-order valence-electron chi connectivity index (χ3n) is 3.20. The Hall–Kier alpha value is -0.750. The third-order valence-corrected chi connectivity index (χ3v) is 4.62. The highest BCUT2D eigenvalue weighted by Crippen LogP contribution is 2.29. The van der Waals surface area contributed by atoms with Crippen LogP contribution in [-0.4, -0.2) is 40.1 Å². The topological polar surface area (TPSA) is 92.4 Å². The van der Waals surface area contributed by atoms with Crippen LogP contribution in [0.1, 0.15) is 39.5 Å². The molecule has 1 fully saturated rings. The lowest BCUT2D eigenvalue weighted by molar-refractivity contribution is -0.142. The molecule has 1 saturated heterocycles. The van der Waals surface area contributed by atoms with Gasteiger partial charge in [0.1, 0.15) is 6.04 Å². The highest BCUT2D eigenvalue weighted by Gasteiger charge is 2.28. The first-order chi connectivity index (χ1) is 8.90. The Bertz CT molecular complexity index is 317. The summed E-state index contributed by atoms with van der Waals surface area (Å²) in [7, 11) is 0. The fourth-order valence-corrected chi connectivity index (χ4v) is 3.54. The maximum absolute atomic E-state index is 11.9. The number of carbonyl (C=O) groups excluding carboxylic acids is 1. The van der Waals surface area contributed by atoms with Crippen molar-refractivity contribution >= 4 is 23.6 Å². The summed E-state index contributed by atoms with van der Waals surface area (Å²) in [6.45, 7) is 3.97. The molecule has 0 bridgehead atoms. The SMILES string of the molecule is CC(C)C[C@H](N)C(=O)NC(C[C@@H]1CCCS1)C(=O)O. The molecule has 19 heavy (non-hydrogen) atoms. The van der Waals surface area contributed by atoms with Crippen molar-refractivity contribution in [2.24, 2.45) is 11.7 Å². The predicted octanol–water partition coefficient (Wildman–Crippen LogP) is 1.21. The number of carbonyl (C=O) groups is 2. The molecule has 1 aliphatic heterocycles. The number of carboxylic acid groups (broad SMARTS) is 1. The zero-order valence-electron chi connectivity index (χ0n) is 11.6. The molecule has 0 radical (unpaired) electrons. The molecule has 1 unspecified atom stereocenters. The zero-order chi connectivity index (χ0) is 14.4. The lowest BCUT2D eigenvalue weighted by Gasteiger charge is -2.20. The van der Waals surface area contributed by atoms with Gasteiger partial charge in [-0.2, -0.15) is 11.8 Å². The largest absolute Gasteiger partial charge is 0.480 e. The Balaban J connectivity index is 2.47. The van der Waals surface area contributed by atoms with Gasteiger partial charge in [-0.3, -0.25) is 4.79 Å². The van der Waals surface area contributed by atoms with Crippen molar-refractivity contribution in [3.8, 4) is 0 Å². The normalized spacial score (nSPS) is 22.2. The summed E-state index contributed by atoms with van der Waals surface area (Å²) >= 11 is 1.79. The minimum atomic E-state index is -0.974. The molecule has 1 rings (SSSR count). The van der Waals surface area contributed by atoms with Crippen LogP contribution in [0.15, 0.2) is 0 Å². The van der Waals surface area contributed by atoms with E-state index in [0.29, 0.717) is 24.0 Å². The van der Waals surface area contributed by atoms with Crippen LogP contribution in [0.4, 0.5) is 0 Å². The summed E-state index contributed by atoms with van der Waals surface area (Å²) in [5.74, 6) is 0.0637. The van der Waals surface area contributed by atoms with Gasteiger partial charge in [0.05, 0.1) is 6.04 Å². The van der Waals surface area contributed by atoms with Gasteiger partial charge in [-0.05, 0) is 37.4 Å². The number of amides is 1. The van der Waals surface area contributed by atoms with Gasteiger partial charge < -0.3 is 16.2 Å². The Morgan fingerprint density at radius 1 is 1.47 bits per heavy atom. The van der Waals surface area contributed by atoms with Gasteiger partial charge in [0.25, 0.3) is 0 Å². The molecule has 0 spiro atoms. The van der Waals surface area contributed by atoms with Crippen molar-refractivity contribution in [3.05, 3.63) is 0 Å². The van der Waals surface area contributed by atoms with E-state index in [2.05, 4.69) is 5.32 Å². The number of aliphatic carboxylic acids is 1. The highest BCUT2D eigenvalue weighted by atomic mass is 32.2. The van der Waals surface area contributed by atoms with Crippen molar-refractivity contribution in [3.63, 3.8) is 0 Å². The van der Waals surface area contributed by atoms with Crippen LogP contribution in [0.2, 0.25) is 0 Å². The number of nitrogens with one attached hydrogen (secondary N) is 1. The molecule has 4 N–H and O–H groups in total. The van der Waals surface area contributed by atoms with Crippen molar-refractivity contribution in [1.82, 2.24) is 5.32 Å². The summed E-state index contributed by atoms with van der Waals surface area (Å²) in [6, 6.07) is -1.45. The molecule has 0 saturated carbocycles. The molecule has 0 aliphatic carbocycles. The fourth-order valence-electron chi connectivity index (χ4n) is 2.21. The summed E-state index contributed by atoms with van der Waals surface area (Å²) in [5, 5.41) is 12.1. The minimum Gasteiger partial charge on any atom is -0.480 e. The second-order valence-electron chi connectivity index (χ2n) is 5.51. The minimum absolute atomic E-state index is 0.314. The number of thioether (sulfide) groups is 1. The Morgan fingerprint density at radius 3 is 2.63 bits per heavy atom. The van der Waals surface area contributed by atoms with E-state index < -0.39 is 18.1 Å². The Kier molecular flexibility index (Phi) is 6.65. The molecular weight excluding hydrogens is 264 g/mol. The molecule has 0 aromatic carbocycles. The van der Waals surface area contributed by atoms with Gasteiger partial charge in [0.2, 0.25) is 5.91 Å². The first-order valence-electron chi connectivity index (χ1n) is 6.80. The molecule has 1 heterocycles. The summed E-state index contributed by atoms with van der Waals surface area (Å²) in [4.78, 5) is 23.1. The molecule has 0 aromatic heterocycles. The molecule has 0 aromatic rings. The van der Waals surface area contributed by atoms with E-state index in [9.17, 15) is 14.7 Å². The van der Waals surface area contributed by atoms with E-state index in [0.717, 1.165) is 18.6 Å². The van der Waals surface area contributed by atoms with Crippen molar-refractivity contribution < 1.29 is 14.7 Å². The maximum atomic E-state index is 11.9. The molecule has 6 heteroatoms. The smallest absolute Gasteiger partial charge is 0.326 e. The summed E-state index contributed by atoms with van der Waals surface area (Å²) in [5.41, 5.74) is 5.76.